The minimum absolute atomic E-state index is 0.902. The standard InChI is InChI=1S/C49H34N2/c1-3-11-34(12-4-1)36-19-25-40(26-20-36)51(41-27-21-37(22-28-41)35-13-5-2-6-14-35)42-29-23-38(24-30-42)39-31-45-43-15-7-9-17-48(43)50-33-47(45)46(32-39)44-16-8-10-18-49(44)50/h1-32H,33H2. The van der Waals surface area contributed by atoms with Crippen LogP contribution in [0.5, 0.6) is 0 Å². The van der Waals surface area contributed by atoms with Crippen LogP contribution in [0.15, 0.2) is 194 Å². The second-order valence-electron chi connectivity index (χ2n) is 13.4. The van der Waals surface area contributed by atoms with Crippen LogP contribution in [0.1, 0.15) is 5.56 Å². The summed E-state index contributed by atoms with van der Waals surface area (Å²) in [6, 6.07) is 70.5. The van der Waals surface area contributed by atoms with Gasteiger partial charge in [-0.15, -0.1) is 0 Å². The Kier molecular flexibility index (Phi) is 6.92. The summed E-state index contributed by atoms with van der Waals surface area (Å²) < 4.78 is 0. The van der Waals surface area contributed by atoms with Gasteiger partial charge in [0.05, 0.1) is 0 Å². The Morgan fingerprint density at radius 3 is 1.10 bits per heavy atom. The Morgan fingerprint density at radius 2 is 0.667 bits per heavy atom. The third-order valence-electron chi connectivity index (χ3n) is 10.5. The van der Waals surface area contributed by atoms with E-state index in [9.17, 15) is 0 Å². The minimum Gasteiger partial charge on any atom is -0.336 e. The summed E-state index contributed by atoms with van der Waals surface area (Å²) in [5.41, 5.74) is 19.9. The van der Waals surface area contributed by atoms with E-state index in [1.807, 2.05) is 0 Å². The predicted octanol–water partition coefficient (Wildman–Crippen LogP) is 13.5. The zero-order valence-corrected chi connectivity index (χ0v) is 28.1. The second-order valence-corrected chi connectivity index (χ2v) is 13.4. The summed E-state index contributed by atoms with van der Waals surface area (Å²) in [7, 11) is 0. The van der Waals surface area contributed by atoms with Crippen LogP contribution in [-0.2, 0) is 6.54 Å². The van der Waals surface area contributed by atoms with Crippen molar-refractivity contribution in [2.45, 2.75) is 6.54 Å². The number of hydrogen-bond donors (Lipinski definition) is 0. The van der Waals surface area contributed by atoms with Crippen LogP contribution in [0.2, 0.25) is 0 Å². The van der Waals surface area contributed by atoms with Crippen LogP contribution in [0.3, 0.4) is 0 Å². The van der Waals surface area contributed by atoms with Crippen LogP contribution in [0.25, 0.3) is 55.6 Å². The van der Waals surface area contributed by atoms with E-state index in [0.29, 0.717) is 0 Å². The monoisotopic (exact) mass is 650 g/mol. The van der Waals surface area contributed by atoms with Gasteiger partial charge >= 0.3 is 0 Å². The molecule has 0 radical (unpaired) electrons. The molecule has 2 aliphatic rings. The molecule has 0 saturated carbocycles. The van der Waals surface area contributed by atoms with Gasteiger partial charge in [0, 0.05) is 46.1 Å². The highest BCUT2D eigenvalue weighted by Crippen LogP contribution is 2.53. The van der Waals surface area contributed by atoms with Crippen LogP contribution in [-0.4, -0.2) is 0 Å². The maximum absolute atomic E-state index is 2.47. The molecule has 10 rings (SSSR count). The minimum atomic E-state index is 0.902. The molecular weight excluding hydrogens is 617 g/mol. The third kappa shape index (κ3) is 5.04. The number of hydrogen-bond acceptors (Lipinski definition) is 2. The molecular formula is C49H34N2. The molecule has 2 bridgehead atoms. The van der Waals surface area contributed by atoms with Gasteiger partial charge in [0.15, 0.2) is 0 Å². The van der Waals surface area contributed by atoms with Gasteiger partial charge in [-0.3, -0.25) is 0 Å². The van der Waals surface area contributed by atoms with Gasteiger partial charge in [-0.25, -0.2) is 0 Å². The lowest BCUT2D eigenvalue weighted by Crippen LogP contribution is -2.26. The number of fused-ring (bicyclic) bond motifs is 7. The first-order chi connectivity index (χ1) is 25.3. The zero-order valence-electron chi connectivity index (χ0n) is 28.1. The maximum Gasteiger partial charge on any atom is 0.0494 e. The normalized spacial score (nSPS) is 12.2. The Balaban J connectivity index is 1.06. The molecule has 0 amide bonds. The molecule has 0 saturated heterocycles. The molecule has 2 heterocycles. The molecule has 51 heavy (non-hydrogen) atoms. The van der Waals surface area contributed by atoms with Gasteiger partial charge < -0.3 is 9.80 Å². The number of rotatable bonds is 6. The third-order valence-corrected chi connectivity index (χ3v) is 10.5. The summed E-state index contributed by atoms with van der Waals surface area (Å²) in [5.74, 6) is 0. The van der Waals surface area contributed by atoms with Crippen LogP contribution >= 0.6 is 0 Å². The van der Waals surface area contributed by atoms with Crippen molar-refractivity contribution in [2.24, 2.45) is 0 Å². The fraction of sp³-hybridized carbons (Fsp3) is 0.0204. The highest BCUT2D eigenvalue weighted by Gasteiger charge is 2.32. The average molecular weight is 651 g/mol. The highest BCUT2D eigenvalue weighted by molar-refractivity contribution is 6.00. The van der Waals surface area contributed by atoms with Crippen LogP contribution in [0, 0.1) is 0 Å². The lowest BCUT2D eigenvalue weighted by atomic mass is 9.81. The topological polar surface area (TPSA) is 6.48 Å². The first-order valence-electron chi connectivity index (χ1n) is 17.6. The highest BCUT2D eigenvalue weighted by atomic mass is 15.2. The molecule has 8 aromatic rings. The van der Waals surface area contributed by atoms with E-state index in [-0.39, 0.29) is 0 Å². The summed E-state index contributed by atoms with van der Waals surface area (Å²) in [5, 5.41) is 0. The van der Waals surface area contributed by atoms with Gasteiger partial charge in [-0.05, 0) is 111 Å². The van der Waals surface area contributed by atoms with E-state index in [1.165, 1.54) is 72.6 Å². The smallest absolute Gasteiger partial charge is 0.0494 e. The SMILES string of the molecule is c1ccc(-c2ccc(N(c3ccc(-c4ccccc4)cc3)c3ccc(-c4cc5c6c(c4)-c4ccccc4N(C6)c4ccccc4-5)cc3)cc2)cc1. The summed E-state index contributed by atoms with van der Waals surface area (Å²) >= 11 is 0. The number of benzene rings is 8. The second kappa shape index (κ2) is 12.0. The fourth-order valence-electron chi connectivity index (χ4n) is 7.94. The van der Waals surface area contributed by atoms with Crippen LogP contribution in [0.4, 0.5) is 28.4 Å². The molecule has 2 nitrogen and oxygen atoms in total. The number of para-hydroxylation sites is 2. The zero-order chi connectivity index (χ0) is 33.7. The van der Waals surface area contributed by atoms with Gasteiger partial charge in [-0.2, -0.15) is 0 Å². The van der Waals surface area contributed by atoms with E-state index in [0.717, 1.165) is 23.6 Å². The van der Waals surface area contributed by atoms with Crippen molar-refractivity contribution < 1.29 is 0 Å². The van der Waals surface area contributed by atoms with Gasteiger partial charge in [0.1, 0.15) is 0 Å². The molecule has 0 fully saturated rings. The molecule has 2 aliphatic heterocycles. The molecule has 0 aliphatic carbocycles. The molecule has 0 aromatic heterocycles. The molecule has 2 heteroatoms. The van der Waals surface area contributed by atoms with Gasteiger partial charge in [0.25, 0.3) is 0 Å². The van der Waals surface area contributed by atoms with E-state index in [4.69, 9.17) is 0 Å². The molecule has 8 aromatic carbocycles. The molecule has 240 valence electrons. The summed E-state index contributed by atoms with van der Waals surface area (Å²) in [6.45, 7) is 0.902. The van der Waals surface area contributed by atoms with Crippen molar-refractivity contribution >= 4 is 28.4 Å². The van der Waals surface area contributed by atoms with Crippen molar-refractivity contribution in [3.8, 4) is 55.6 Å². The molecule has 0 atom stereocenters. The lowest BCUT2D eigenvalue weighted by molar-refractivity contribution is 0.947. The fourth-order valence-corrected chi connectivity index (χ4v) is 7.94. The van der Waals surface area contributed by atoms with E-state index >= 15 is 0 Å². The Morgan fingerprint density at radius 1 is 0.314 bits per heavy atom. The van der Waals surface area contributed by atoms with E-state index in [2.05, 4.69) is 204 Å². The maximum atomic E-state index is 2.47. The van der Waals surface area contributed by atoms with Gasteiger partial charge in [0.2, 0.25) is 0 Å². The van der Waals surface area contributed by atoms with Crippen molar-refractivity contribution in [3.05, 3.63) is 200 Å². The molecule has 0 unspecified atom stereocenters. The molecule has 0 spiro atoms. The van der Waals surface area contributed by atoms with Gasteiger partial charge in [-0.1, -0.05) is 133 Å². The first-order valence-corrected chi connectivity index (χ1v) is 17.6. The molecule has 0 N–H and O–H groups in total. The average Bonchev–Trinajstić information content (AvgIpc) is 3.22. The number of anilines is 5. The summed E-state index contributed by atoms with van der Waals surface area (Å²) in [6.07, 6.45) is 0. The Bertz CT molecular complexity index is 2370. The Hall–Kier alpha value is -6.64. The number of nitrogens with zero attached hydrogens (tertiary/aromatic N) is 2. The van der Waals surface area contributed by atoms with Crippen molar-refractivity contribution in [1.29, 1.82) is 0 Å². The predicted molar refractivity (Wildman–Crippen MR) is 214 cm³/mol. The first kappa shape index (κ1) is 29.3. The summed E-state index contributed by atoms with van der Waals surface area (Å²) in [4.78, 5) is 4.83. The van der Waals surface area contributed by atoms with Crippen molar-refractivity contribution in [1.82, 2.24) is 0 Å². The van der Waals surface area contributed by atoms with Crippen molar-refractivity contribution in [3.63, 3.8) is 0 Å². The Labute approximate surface area is 299 Å². The van der Waals surface area contributed by atoms with E-state index < -0.39 is 0 Å². The van der Waals surface area contributed by atoms with Crippen molar-refractivity contribution in [2.75, 3.05) is 9.80 Å². The quantitative estimate of drug-likeness (QED) is 0.177. The van der Waals surface area contributed by atoms with Crippen LogP contribution < -0.4 is 9.80 Å². The van der Waals surface area contributed by atoms with E-state index in [1.54, 1.807) is 0 Å². The lowest BCUT2D eigenvalue weighted by Gasteiger charge is -2.39. The largest absolute Gasteiger partial charge is 0.336 e.